The molecule has 0 saturated carbocycles. The second-order valence-electron chi connectivity index (χ2n) is 8.93. The fourth-order valence-electron chi connectivity index (χ4n) is 3.67. The molecule has 2 atom stereocenters. The number of anilines is 2. The molecule has 0 aromatic heterocycles. The van der Waals surface area contributed by atoms with E-state index in [1.807, 2.05) is 0 Å². The molecule has 0 amide bonds. The Balaban J connectivity index is 1.89. The molecule has 0 spiro atoms. The first-order chi connectivity index (χ1) is 13.3. The Hall–Kier alpha value is -2.22. The zero-order valence-corrected chi connectivity index (χ0v) is 18.5. The standard InChI is InChI=1S/C26H38N2/c1-19(2)17-21(5)27-25-13-9-23(10-14-25)7-8-24-11-15-26(16-12-24)28-22(6)18-20(3)4/h7-16,19-22,27-28H,17-18H2,1-6H3/b8-7+. The number of nitrogens with one attached hydrogen (secondary N) is 2. The van der Waals surface area contributed by atoms with Gasteiger partial charge >= 0.3 is 0 Å². The maximum Gasteiger partial charge on any atom is 0.0342 e. The highest BCUT2D eigenvalue weighted by Crippen LogP contribution is 2.18. The van der Waals surface area contributed by atoms with Gasteiger partial charge in [-0.1, -0.05) is 64.1 Å². The Morgan fingerprint density at radius 2 is 0.893 bits per heavy atom. The van der Waals surface area contributed by atoms with Gasteiger partial charge in [0.25, 0.3) is 0 Å². The number of hydrogen-bond donors (Lipinski definition) is 2. The van der Waals surface area contributed by atoms with E-state index in [0.717, 1.165) is 0 Å². The third-order valence-corrected chi connectivity index (χ3v) is 4.77. The first-order valence-corrected chi connectivity index (χ1v) is 10.7. The Morgan fingerprint density at radius 1 is 0.571 bits per heavy atom. The molecule has 2 nitrogen and oxygen atoms in total. The summed E-state index contributed by atoms with van der Waals surface area (Å²) in [4.78, 5) is 0. The molecule has 2 heteroatoms. The Morgan fingerprint density at radius 3 is 1.18 bits per heavy atom. The van der Waals surface area contributed by atoms with E-state index in [2.05, 4.69) is 113 Å². The lowest BCUT2D eigenvalue weighted by molar-refractivity contribution is 0.539. The molecule has 0 fully saturated rings. The van der Waals surface area contributed by atoms with Crippen LogP contribution in [0.15, 0.2) is 48.5 Å². The van der Waals surface area contributed by atoms with E-state index in [9.17, 15) is 0 Å². The summed E-state index contributed by atoms with van der Waals surface area (Å²) in [5, 5.41) is 7.15. The summed E-state index contributed by atoms with van der Waals surface area (Å²) in [5.74, 6) is 1.43. The molecule has 0 bridgehead atoms. The van der Waals surface area contributed by atoms with Crippen LogP contribution < -0.4 is 10.6 Å². The molecule has 0 aliphatic carbocycles. The van der Waals surface area contributed by atoms with Gasteiger partial charge in [0, 0.05) is 23.5 Å². The molecule has 0 aliphatic rings. The summed E-state index contributed by atoms with van der Waals surface area (Å²) in [6, 6.07) is 18.3. The van der Waals surface area contributed by atoms with Crippen LogP contribution in [0.2, 0.25) is 0 Å². The van der Waals surface area contributed by atoms with Crippen molar-refractivity contribution in [3.63, 3.8) is 0 Å². The molecule has 0 heterocycles. The Kier molecular flexibility index (Phi) is 8.63. The van der Waals surface area contributed by atoms with E-state index < -0.39 is 0 Å². The van der Waals surface area contributed by atoms with Gasteiger partial charge in [-0.25, -0.2) is 0 Å². The van der Waals surface area contributed by atoms with Gasteiger partial charge in [0.15, 0.2) is 0 Å². The van der Waals surface area contributed by atoms with E-state index in [4.69, 9.17) is 0 Å². The van der Waals surface area contributed by atoms with Crippen LogP contribution in [-0.2, 0) is 0 Å². The molecule has 2 aromatic rings. The fourth-order valence-corrected chi connectivity index (χ4v) is 3.67. The van der Waals surface area contributed by atoms with Crippen molar-refractivity contribution in [1.82, 2.24) is 0 Å². The van der Waals surface area contributed by atoms with Crippen LogP contribution in [0.3, 0.4) is 0 Å². The largest absolute Gasteiger partial charge is 0.383 e. The highest BCUT2D eigenvalue weighted by Gasteiger charge is 2.05. The predicted octanol–water partition coefficient (Wildman–Crippen LogP) is 7.55. The maximum absolute atomic E-state index is 3.58. The highest BCUT2D eigenvalue weighted by atomic mass is 14.9. The number of rotatable bonds is 10. The SMILES string of the molecule is CC(C)CC(C)Nc1ccc(/C=C/c2ccc(NC(C)CC(C)C)cc2)cc1. The zero-order chi connectivity index (χ0) is 20.5. The van der Waals surface area contributed by atoms with E-state index >= 15 is 0 Å². The van der Waals surface area contributed by atoms with E-state index in [1.54, 1.807) is 0 Å². The van der Waals surface area contributed by atoms with Crippen LogP contribution in [0.4, 0.5) is 11.4 Å². The van der Waals surface area contributed by atoms with Crippen LogP contribution in [0.1, 0.15) is 65.5 Å². The smallest absolute Gasteiger partial charge is 0.0342 e. The van der Waals surface area contributed by atoms with E-state index in [1.165, 1.54) is 35.3 Å². The molecular weight excluding hydrogens is 340 g/mol. The van der Waals surface area contributed by atoms with Crippen LogP contribution in [0.25, 0.3) is 12.2 Å². The molecule has 2 unspecified atom stereocenters. The monoisotopic (exact) mass is 378 g/mol. The third-order valence-electron chi connectivity index (χ3n) is 4.77. The second-order valence-corrected chi connectivity index (χ2v) is 8.93. The summed E-state index contributed by atoms with van der Waals surface area (Å²) in [7, 11) is 0. The lowest BCUT2D eigenvalue weighted by atomic mass is 10.0. The van der Waals surface area contributed by atoms with E-state index in [0.29, 0.717) is 23.9 Å². The predicted molar refractivity (Wildman–Crippen MR) is 127 cm³/mol. The maximum atomic E-state index is 3.58. The van der Waals surface area contributed by atoms with Gasteiger partial charge in [-0.3, -0.25) is 0 Å². The van der Waals surface area contributed by atoms with Crippen molar-refractivity contribution in [2.24, 2.45) is 11.8 Å². The Labute approximate surface area is 172 Å². The van der Waals surface area contributed by atoms with Gasteiger partial charge in [0.1, 0.15) is 0 Å². The van der Waals surface area contributed by atoms with Crippen molar-refractivity contribution in [3.05, 3.63) is 59.7 Å². The fraction of sp³-hybridized carbons (Fsp3) is 0.462. The minimum Gasteiger partial charge on any atom is -0.383 e. The molecule has 2 aromatic carbocycles. The second kappa shape index (κ2) is 10.9. The number of hydrogen-bond acceptors (Lipinski definition) is 2. The van der Waals surface area contributed by atoms with Crippen molar-refractivity contribution in [2.45, 2.75) is 66.5 Å². The first kappa shape index (κ1) is 22.1. The third kappa shape index (κ3) is 8.21. The van der Waals surface area contributed by atoms with Crippen LogP contribution in [0.5, 0.6) is 0 Å². The number of benzene rings is 2. The molecule has 0 radical (unpaired) electrons. The van der Waals surface area contributed by atoms with Gasteiger partial charge in [-0.2, -0.15) is 0 Å². The van der Waals surface area contributed by atoms with Gasteiger partial charge in [-0.05, 0) is 73.9 Å². The van der Waals surface area contributed by atoms with Gasteiger partial charge < -0.3 is 10.6 Å². The van der Waals surface area contributed by atoms with Gasteiger partial charge in [0.05, 0.1) is 0 Å². The van der Waals surface area contributed by atoms with Gasteiger partial charge in [0.2, 0.25) is 0 Å². The molecule has 2 N–H and O–H groups in total. The van der Waals surface area contributed by atoms with Crippen molar-refractivity contribution < 1.29 is 0 Å². The molecule has 0 saturated heterocycles. The van der Waals surface area contributed by atoms with Crippen molar-refractivity contribution >= 4 is 23.5 Å². The van der Waals surface area contributed by atoms with Crippen molar-refractivity contribution in [3.8, 4) is 0 Å². The molecular formula is C26H38N2. The summed E-state index contributed by atoms with van der Waals surface area (Å²) >= 11 is 0. The van der Waals surface area contributed by atoms with Crippen LogP contribution >= 0.6 is 0 Å². The zero-order valence-electron chi connectivity index (χ0n) is 18.5. The van der Waals surface area contributed by atoms with Gasteiger partial charge in [-0.15, -0.1) is 0 Å². The topological polar surface area (TPSA) is 24.1 Å². The summed E-state index contributed by atoms with van der Waals surface area (Å²) in [5.41, 5.74) is 4.82. The van der Waals surface area contributed by atoms with Crippen molar-refractivity contribution in [1.29, 1.82) is 0 Å². The lowest BCUT2D eigenvalue weighted by Crippen LogP contribution is -2.17. The summed E-state index contributed by atoms with van der Waals surface area (Å²) in [6.07, 6.45) is 6.71. The Bertz CT molecular complexity index is 648. The summed E-state index contributed by atoms with van der Waals surface area (Å²) in [6.45, 7) is 13.6. The van der Waals surface area contributed by atoms with Crippen LogP contribution in [0, 0.1) is 11.8 Å². The minimum atomic E-state index is 0.497. The molecule has 152 valence electrons. The summed E-state index contributed by atoms with van der Waals surface area (Å²) < 4.78 is 0. The first-order valence-electron chi connectivity index (χ1n) is 10.7. The average Bonchev–Trinajstić information content (AvgIpc) is 2.61. The lowest BCUT2D eigenvalue weighted by Gasteiger charge is -2.17. The highest BCUT2D eigenvalue weighted by molar-refractivity contribution is 5.71. The molecule has 0 aliphatic heterocycles. The van der Waals surface area contributed by atoms with Crippen LogP contribution in [-0.4, -0.2) is 12.1 Å². The quantitative estimate of drug-likeness (QED) is 0.417. The molecule has 2 rings (SSSR count). The molecule has 28 heavy (non-hydrogen) atoms. The average molecular weight is 379 g/mol. The normalized spacial score (nSPS) is 13.9. The van der Waals surface area contributed by atoms with Crippen molar-refractivity contribution in [2.75, 3.05) is 10.6 Å². The van der Waals surface area contributed by atoms with E-state index in [-0.39, 0.29) is 0 Å². The minimum absolute atomic E-state index is 0.497.